The molecule has 6 heteroatoms. The van der Waals surface area contributed by atoms with Gasteiger partial charge in [-0.2, -0.15) is 0 Å². The minimum atomic E-state index is -1.88. The Labute approximate surface area is 146 Å². The Morgan fingerprint density at radius 1 is 1.22 bits per heavy atom. The molecule has 1 rings (SSSR count). The van der Waals surface area contributed by atoms with Crippen molar-refractivity contribution in [1.82, 2.24) is 10.3 Å². The molecule has 0 fully saturated rings. The number of halogens is 1. The molecule has 4 nitrogen and oxygen atoms in total. The van der Waals surface area contributed by atoms with E-state index >= 15 is 0 Å². The van der Waals surface area contributed by atoms with Gasteiger partial charge in [-0.15, -0.1) is 0 Å². The number of pyridine rings is 1. The molecular formula is C17H29ClN2O2Si. The van der Waals surface area contributed by atoms with Crippen LogP contribution in [0.4, 0.5) is 0 Å². The highest BCUT2D eigenvalue weighted by atomic mass is 35.5. The number of amides is 1. The summed E-state index contributed by atoms with van der Waals surface area (Å²) in [6.45, 7) is 14.5. The molecule has 0 spiro atoms. The van der Waals surface area contributed by atoms with E-state index in [9.17, 15) is 4.79 Å². The Morgan fingerprint density at radius 3 is 2.26 bits per heavy atom. The molecule has 0 radical (unpaired) electrons. The highest BCUT2D eigenvalue weighted by Gasteiger charge is 2.44. The zero-order valence-corrected chi connectivity index (χ0v) is 16.8. The molecule has 0 atom stereocenters. The van der Waals surface area contributed by atoms with Crippen LogP contribution >= 0.6 is 11.6 Å². The van der Waals surface area contributed by atoms with Crippen molar-refractivity contribution in [3.8, 4) is 0 Å². The monoisotopic (exact) mass is 356 g/mol. The van der Waals surface area contributed by atoms with Crippen LogP contribution < -0.4 is 5.32 Å². The summed E-state index contributed by atoms with van der Waals surface area (Å²) >= 11 is 5.88. The lowest BCUT2D eigenvalue weighted by molar-refractivity contribution is 0.0940. The first kappa shape index (κ1) is 20.1. The maximum atomic E-state index is 12.0. The fourth-order valence-electron chi connectivity index (χ4n) is 3.51. The van der Waals surface area contributed by atoms with Crippen molar-refractivity contribution >= 4 is 25.8 Å². The predicted octanol–water partition coefficient (Wildman–Crippen LogP) is 4.66. The minimum absolute atomic E-state index is 0.220. The average Bonchev–Trinajstić information content (AvgIpc) is 2.45. The normalized spacial score (nSPS) is 12.3. The SMILES string of the molecule is CC(C)[Si](OCCNC(=O)c1cc(Cl)ccn1)(C(C)C)C(C)C. The van der Waals surface area contributed by atoms with Gasteiger partial charge in [-0.3, -0.25) is 9.78 Å². The lowest BCUT2D eigenvalue weighted by Gasteiger charge is -2.42. The van der Waals surface area contributed by atoms with E-state index in [0.717, 1.165) is 0 Å². The van der Waals surface area contributed by atoms with Crippen LogP contribution in [0, 0.1) is 0 Å². The van der Waals surface area contributed by atoms with E-state index in [4.69, 9.17) is 16.0 Å². The van der Waals surface area contributed by atoms with Crippen molar-refractivity contribution in [2.75, 3.05) is 13.2 Å². The second kappa shape index (κ2) is 8.80. The first-order chi connectivity index (χ1) is 10.7. The van der Waals surface area contributed by atoms with Crippen LogP contribution in [0.3, 0.4) is 0 Å². The Hall–Kier alpha value is -0.913. The summed E-state index contributed by atoms with van der Waals surface area (Å²) in [5.74, 6) is -0.220. The quantitative estimate of drug-likeness (QED) is 0.544. The Balaban J connectivity index is 2.59. The van der Waals surface area contributed by atoms with Gasteiger partial charge in [0.05, 0.1) is 6.61 Å². The molecule has 0 aliphatic carbocycles. The number of nitrogens with one attached hydrogen (secondary N) is 1. The smallest absolute Gasteiger partial charge is 0.270 e. The third kappa shape index (κ3) is 5.03. The molecule has 1 aromatic heterocycles. The fourth-order valence-corrected chi connectivity index (χ4v) is 9.13. The fraction of sp³-hybridized carbons (Fsp3) is 0.647. The Kier molecular flexibility index (Phi) is 7.71. The number of hydrogen-bond acceptors (Lipinski definition) is 3. The van der Waals surface area contributed by atoms with Gasteiger partial charge in [0.15, 0.2) is 8.32 Å². The lowest BCUT2D eigenvalue weighted by atomic mass is 10.3. The van der Waals surface area contributed by atoms with E-state index in [-0.39, 0.29) is 5.91 Å². The average molecular weight is 357 g/mol. The molecule has 0 saturated carbocycles. The van der Waals surface area contributed by atoms with Crippen LogP contribution in [0.25, 0.3) is 0 Å². The molecule has 1 aromatic rings. The summed E-state index contributed by atoms with van der Waals surface area (Å²) in [7, 11) is -1.88. The molecule has 1 N–H and O–H groups in total. The standard InChI is InChI=1S/C17H29ClN2O2Si/c1-12(2)23(13(3)4,14(5)6)22-10-9-20-17(21)16-11-15(18)7-8-19-16/h7-8,11-14H,9-10H2,1-6H3,(H,20,21). The number of hydrogen-bond donors (Lipinski definition) is 1. The van der Waals surface area contributed by atoms with Gasteiger partial charge in [-0.1, -0.05) is 53.1 Å². The van der Waals surface area contributed by atoms with E-state index < -0.39 is 8.32 Å². The van der Waals surface area contributed by atoms with E-state index in [1.54, 1.807) is 12.1 Å². The van der Waals surface area contributed by atoms with Crippen LogP contribution in [0.1, 0.15) is 52.0 Å². The molecule has 23 heavy (non-hydrogen) atoms. The van der Waals surface area contributed by atoms with Crippen LogP contribution in [0.2, 0.25) is 21.6 Å². The summed E-state index contributed by atoms with van der Waals surface area (Å²) in [5.41, 5.74) is 1.94. The van der Waals surface area contributed by atoms with Gasteiger partial charge >= 0.3 is 0 Å². The maximum absolute atomic E-state index is 12.0. The first-order valence-corrected chi connectivity index (χ1v) is 10.8. The molecule has 0 bridgehead atoms. The largest absolute Gasteiger partial charge is 0.414 e. The molecule has 1 heterocycles. The zero-order valence-electron chi connectivity index (χ0n) is 15.0. The topological polar surface area (TPSA) is 51.2 Å². The number of nitrogens with zero attached hydrogens (tertiary/aromatic N) is 1. The van der Waals surface area contributed by atoms with Crippen molar-refractivity contribution in [2.45, 2.75) is 58.2 Å². The molecule has 0 saturated heterocycles. The van der Waals surface area contributed by atoms with Crippen LogP contribution in [0.5, 0.6) is 0 Å². The van der Waals surface area contributed by atoms with Crippen molar-refractivity contribution in [3.05, 3.63) is 29.0 Å². The van der Waals surface area contributed by atoms with E-state index in [1.807, 2.05) is 0 Å². The number of aromatic nitrogens is 1. The molecule has 0 aliphatic rings. The predicted molar refractivity (Wildman–Crippen MR) is 98.6 cm³/mol. The third-order valence-corrected chi connectivity index (χ3v) is 10.8. The second-order valence-electron chi connectivity index (χ2n) is 6.78. The van der Waals surface area contributed by atoms with E-state index in [0.29, 0.717) is 40.5 Å². The van der Waals surface area contributed by atoms with E-state index in [2.05, 4.69) is 51.8 Å². The van der Waals surface area contributed by atoms with Crippen molar-refractivity contribution in [1.29, 1.82) is 0 Å². The van der Waals surface area contributed by atoms with Crippen LogP contribution in [-0.4, -0.2) is 32.4 Å². The van der Waals surface area contributed by atoms with E-state index in [1.165, 1.54) is 6.20 Å². The summed E-state index contributed by atoms with van der Waals surface area (Å²) in [5, 5.41) is 3.36. The van der Waals surface area contributed by atoms with Gasteiger partial charge in [0.25, 0.3) is 5.91 Å². The molecule has 1 amide bonds. The minimum Gasteiger partial charge on any atom is -0.414 e. The van der Waals surface area contributed by atoms with Gasteiger partial charge in [0.2, 0.25) is 0 Å². The molecule has 0 aromatic carbocycles. The van der Waals surface area contributed by atoms with Gasteiger partial charge in [-0.25, -0.2) is 0 Å². The van der Waals surface area contributed by atoms with Gasteiger partial charge in [-0.05, 0) is 28.8 Å². The highest BCUT2D eigenvalue weighted by molar-refractivity contribution is 6.77. The first-order valence-electron chi connectivity index (χ1n) is 8.25. The highest BCUT2D eigenvalue weighted by Crippen LogP contribution is 2.41. The Morgan fingerprint density at radius 2 is 1.78 bits per heavy atom. The van der Waals surface area contributed by atoms with Crippen LogP contribution in [0.15, 0.2) is 18.3 Å². The third-order valence-electron chi connectivity index (χ3n) is 4.40. The summed E-state index contributed by atoms with van der Waals surface area (Å²) in [6, 6.07) is 3.21. The number of carbonyl (C=O) groups excluding carboxylic acids is 1. The van der Waals surface area contributed by atoms with Crippen molar-refractivity contribution in [2.24, 2.45) is 0 Å². The zero-order chi connectivity index (χ0) is 17.6. The summed E-state index contributed by atoms with van der Waals surface area (Å²) in [4.78, 5) is 16.1. The maximum Gasteiger partial charge on any atom is 0.270 e. The van der Waals surface area contributed by atoms with Gasteiger partial charge in [0.1, 0.15) is 5.69 Å². The molecular weight excluding hydrogens is 328 g/mol. The second-order valence-corrected chi connectivity index (χ2v) is 12.7. The lowest BCUT2D eigenvalue weighted by Crippen LogP contribution is -2.49. The summed E-state index contributed by atoms with van der Waals surface area (Å²) < 4.78 is 6.40. The van der Waals surface area contributed by atoms with Gasteiger partial charge < -0.3 is 9.74 Å². The summed E-state index contributed by atoms with van der Waals surface area (Å²) in [6.07, 6.45) is 1.53. The van der Waals surface area contributed by atoms with Crippen molar-refractivity contribution in [3.63, 3.8) is 0 Å². The molecule has 0 unspecified atom stereocenters. The van der Waals surface area contributed by atoms with Gasteiger partial charge in [0, 0.05) is 17.8 Å². The molecule has 0 aliphatic heterocycles. The Bertz CT molecular complexity index is 499. The van der Waals surface area contributed by atoms with Crippen LogP contribution in [-0.2, 0) is 4.43 Å². The van der Waals surface area contributed by atoms with Crippen molar-refractivity contribution < 1.29 is 9.22 Å². The number of carbonyl (C=O) groups is 1. The number of rotatable bonds is 8. The molecule has 130 valence electrons.